The summed E-state index contributed by atoms with van der Waals surface area (Å²) in [4.78, 5) is 11.4. The Hall–Kier alpha value is -2.20. The Morgan fingerprint density at radius 3 is 2.38 bits per heavy atom. The number of nitrogens with one attached hydrogen (secondary N) is 1. The Bertz CT molecular complexity index is 647. The van der Waals surface area contributed by atoms with Gasteiger partial charge in [0, 0.05) is 17.0 Å². The molecule has 1 saturated carbocycles. The maximum Gasteiger partial charge on any atom is 0.413 e. The van der Waals surface area contributed by atoms with E-state index in [1.165, 1.54) is 12.1 Å². The van der Waals surface area contributed by atoms with Gasteiger partial charge in [0.15, 0.2) is 6.10 Å². The molecule has 4 nitrogen and oxygen atoms in total. The molecule has 0 aromatic heterocycles. The average molecular weight is 373 g/mol. The molecule has 3 rings (SSSR count). The molecule has 0 spiro atoms. The summed E-state index contributed by atoms with van der Waals surface area (Å²) in [7, 11) is 0. The van der Waals surface area contributed by atoms with Gasteiger partial charge < -0.3 is 9.84 Å². The third-order valence-corrected chi connectivity index (χ3v) is 3.13. The van der Waals surface area contributed by atoms with Gasteiger partial charge in [-0.1, -0.05) is 33.1 Å². The maximum atomic E-state index is 13.7. The van der Waals surface area contributed by atoms with Gasteiger partial charge in [0.2, 0.25) is 6.43 Å². The summed E-state index contributed by atoms with van der Waals surface area (Å²) >= 11 is 0. The minimum atomic E-state index is -2.17. The molecule has 0 radical (unpaired) electrons. The van der Waals surface area contributed by atoms with Crippen LogP contribution in [-0.4, -0.2) is 17.6 Å². The fraction of sp³-hybridized carbons (Fsp3) is 0.526. The van der Waals surface area contributed by atoms with E-state index in [9.17, 15) is 18.0 Å². The molecule has 26 heavy (non-hydrogen) atoms. The number of halogens is 3. The van der Waals surface area contributed by atoms with Crippen LogP contribution in [-0.2, 0) is 11.3 Å². The zero-order chi connectivity index (χ0) is 19.0. The van der Waals surface area contributed by atoms with Crippen LogP contribution in [0.1, 0.15) is 58.3 Å². The molecule has 1 aromatic rings. The highest BCUT2D eigenvalue weighted by Gasteiger charge is 2.27. The van der Waals surface area contributed by atoms with Gasteiger partial charge in [0.1, 0.15) is 5.82 Å². The van der Waals surface area contributed by atoms with Crippen molar-refractivity contribution < 1.29 is 27.8 Å². The molecule has 1 heterocycles. The van der Waals surface area contributed by atoms with E-state index >= 15 is 0 Å². The van der Waals surface area contributed by atoms with Gasteiger partial charge in [0.25, 0.3) is 0 Å². The van der Waals surface area contributed by atoms with Gasteiger partial charge in [0.05, 0.1) is 12.3 Å². The van der Waals surface area contributed by atoms with Gasteiger partial charge in [-0.3, -0.25) is 5.32 Å². The highest BCUT2D eigenvalue weighted by atomic mass is 19.3. The molecule has 146 valence electrons. The number of rotatable bonds is 1. The molecular formula is C19H26F3NO3. The van der Waals surface area contributed by atoms with Crippen LogP contribution in [0.25, 0.3) is 0 Å². The van der Waals surface area contributed by atoms with Crippen molar-refractivity contribution in [2.24, 2.45) is 5.92 Å². The fourth-order valence-corrected chi connectivity index (χ4v) is 1.92. The summed E-state index contributed by atoms with van der Waals surface area (Å²) in [5, 5.41) is 11.5. The number of benzene rings is 1. The van der Waals surface area contributed by atoms with Crippen LogP contribution in [0.4, 0.5) is 23.7 Å². The van der Waals surface area contributed by atoms with Crippen LogP contribution in [0.5, 0.6) is 0 Å². The molecule has 1 unspecified atom stereocenters. The van der Waals surface area contributed by atoms with Crippen molar-refractivity contribution in [2.75, 3.05) is 5.32 Å². The van der Waals surface area contributed by atoms with Crippen LogP contribution in [0, 0.1) is 23.6 Å². The summed E-state index contributed by atoms with van der Waals surface area (Å²) in [6.07, 6.45) is -1.39. The molecule has 1 aliphatic heterocycles. The lowest BCUT2D eigenvalue weighted by atomic mass is 10.0. The lowest BCUT2D eigenvalue weighted by molar-refractivity contribution is 0.134. The van der Waals surface area contributed by atoms with Crippen molar-refractivity contribution >= 4 is 11.8 Å². The van der Waals surface area contributed by atoms with Crippen molar-refractivity contribution in [2.45, 2.75) is 60.2 Å². The molecule has 1 atom stereocenters. The first-order chi connectivity index (χ1) is 11.9. The Kier molecular flexibility index (Phi) is 10.5. The number of carbonyl (C=O) groups is 1. The SMILES string of the molecule is C.CC.CC(F)F.O=C1Nc2cc(CO)c(F)cc2C(C#CC2CC2)O1. The normalized spacial score (nSPS) is 16.8. The lowest BCUT2D eigenvalue weighted by Crippen LogP contribution is -2.24. The summed E-state index contributed by atoms with van der Waals surface area (Å²) in [6, 6.07) is 2.67. The molecule has 7 heteroatoms. The highest BCUT2D eigenvalue weighted by Crippen LogP contribution is 2.34. The van der Waals surface area contributed by atoms with Crippen molar-refractivity contribution in [3.63, 3.8) is 0 Å². The lowest BCUT2D eigenvalue weighted by Gasteiger charge is -2.23. The molecule has 1 amide bonds. The molecular weight excluding hydrogens is 347 g/mol. The number of cyclic esters (lactones) is 1. The van der Waals surface area contributed by atoms with Crippen LogP contribution in [0.15, 0.2) is 12.1 Å². The predicted molar refractivity (Wildman–Crippen MR) is 95.4 cm³/mol. The number of anilines is 1. The van der Waals surface area contributed by atoms with Crippen LogP contribution >= 0.6 is 0 Å². The van der Waals surface area contributed by atoms with Crippen LogP contribution < -0.4 is 5.32 Å². The number of ether oxygens (including phenoxy) is 1. The number of hydrogen-bond acceptors (Lipinski definition) is 3. The number of carbonyl (C=O) groups excluding carboxylic acids is 1. The number of amides is 1. The van der Waals surface area contributed by atoms with E-state index in [-0.39, 0.29) is 13.0 Å². The number of aliphatic hydroxyl groups is 1. The monoisotopic (exact) mass is 373 g/mol. The van der Waals surface area contributed by atoms with Crippen molar-refractivity contribution in [3.8, 4) is 11.8 Å². The van der Waals surface area contributed by atoms with E-state index in [1.54, 1.807) is 0 Å². The Morgan fingerprint density at radius 2 is 1.88 bits per heavy atom. The molecule has 0 bridgehead atoms. The molecule has 0 saturated heterocycles. The van der Waals surface area contributed by atoms with Crippen molar-refractivity contribution in [3.05, 3.63) is 29.1 Å². The van der Waals surface area contributed by atoms with E-state index in [0.29, 0.717) is 17.2 Å². The predicted octanol–water partition coefficient (Wildman–Crippen LogP) is 5.27. The number of hydrogen-bond donors (Lipinski definition) is 2. The molecule has 1 fully saturated rings. The largest absolute Gasteiger partial charge is 0.428 e. The standard InChI is InChI=1S/C14H12FNO3.C2H4F2.C2H6.CH4/c15-11-6-10-12(5-9(11)7-17)16-14(18)19-13(10)4-3-8-1-2-8;1-2(3)4;1-2;/h5-6,8,13,17H,1-2,7H2,(H,16,18);2H,1H3;1-2H3;1H4. The Morgan fingerprint density at radius 1 is 1.31 bits per heavy atom. The van der Waals surface area contributed by atoms with Crippen molar-refractivity contribution in [1.82, 2.24) is 0 Å². The van der Waals surface area contributed by atoms with Crippen LogP contribution in [0.3, 0.4) is 0 Å². The van der Waals surface area contributed by atoms with Gasteiger partial charge in [-0.15, -0.1) is 0 Å². The number of fused-ring (bicyclic) bond motifs is 1. The smallest absolute Gasteiger partial charge is 0.413 e. The Labute approximate surface area is 152 Å². The minimum absolute atomic E-state index is 0. The summed E-state index contributed by atoms with van der Waals surface area (Å²) in [5.74, 6) is 5.73. The number of aliphatic hydroxyl groups excluding tert-OH is 1. The maximum absolute atomic E-state index is 13.7. The number of alkyl halides is 2. The van der Waals surface area contributed by atoms with E-state index in [4.69, 9.17) is 9.84 Å². The van der Waals surface area contributed by atoms with E-state index in [1.807, 2.05) is 13.8 Å². The summed E-state index contributed by atoms with van der Waals surface area (Å²) < 4.78 is 39.4. The quantitative estimate of drug-likeness (QED) is 0.660. The zero-order valence-corrected chi connectivity index (χ0v) is 14.4. The van der Waals surface area contributed by atoms with E-state index < -0.39 is 31.0 Å². The second-order valence-electron chi connectivity index (χ2n) is 5.18. The summed E-state index contributed by atoms with van der Waals surface area (Å²) in [5.41, 5.74) is 1.06. The molecule has 2 N–H and O–H groups in total. The van der Waals surface area contributed by atoms with Crippen molar-refractivity contribution in [1.29, 1.82) is 0 Å². The van der Waals surface area contributed by atoms with Crippen LogP contribution in [0.2, 0.25) is 0 Å². The van der Waals surface area contributed by atoms with E-state index in [2.05, 4.69) is 17.2 Å². The zero-order valence-electron chi connectivity index (χ0n) is 14.4. The molecule has 2 aliphatic rings. The highest BCUT2D eigenvalue weighted by molar-refractivity contribution is 5.88. The third kappa shape index (κ3) is 7.36. The fourth-order valence-electron chi connectivity index (χ4n) is 1.92. The topological polar surface area (TPSA) is 58.6 Å². The third-order valence-electron chi connectivity index (χ3n) is 3.13. The van der Waals surface area contributed by atoms with Gasteiger partial charge in [-0.25, -0.2) is 18.0 Å². The minimum Gasteiger partial charge on any atom is -0.428 e. The first-order valence-electron chi connectivity index (χ1n) is 8.10. The second kappa shape index (κ2) is 11.4. The Balaban J connectivity index is 0.000000795. The average Bonchev–Trinajstić information content (AvgIpc) is 3.38. The van der Waals surface area contributed by atoms with Gasteiger partial charge in [-0.05, 0) is 31.9 Å². The summed E-state index contributed by atoms with van der Waals surface area (Å²) in [6.45, 7) is 4.41. The first-order valence-corrected chi connectivity index (χ1v) is 8.10. The van der Waals surface area contributed by atoms with E-state index in [0.717, 1.165) is 19.8 Å². The molecule has 1 aromatic carbocycles. The van der Waals surface area contributed by atoms with Gasteiger partial charge >= 0.3 is 6.09 Å². The first kappa shape index (κ1) is 23.8. The second-order valence-corrected chi connectivity index (χ2v) is 5.18. The van der Waals surface area contributed by atoms with Gasteiger partial charge in [-0.2, -0.15) is 0 Å². The molecule has 1 aliphatic carbocycles.